The fourth-order valence-corrected chi connectivity index (χ4v) is 3.68. The SMILES string of the molecule is Cc1ccc(-n2c3ccccc3c3cccc(I)c32)cc1. The minimum absolute atomic E-state index is 1.22. The number of rotatable bonds is 1. The van der Waals surface area contributed by atoms with Crippen molar-refractivity contribution in [3.63, 3.8) is 0 Å². The molecule has 21 heavy (non-hydrogen) atoms. The lowest BCUT2D eigenvalue weighted by Gasteiger charge is -2.09. The zero-order chi connectivity index (χ0) is 14.4. The van der Waals surface area contributed by atoms with Crippen molar-refractivity contribution in [2.75, 3.05) is 0 Å². The van der Waals surface area contributed by atoms with E-state index in [1.165, 1.54) is 36.6 Å². The average Bonchev–Trinajstić information content (AvgIpc) is 2.84. The molecule has 3 aromatic carbocycles. The molecular weight excluding hydrogens is 369 g/mol. The molecule has 0 atom stereocenters. The van der Waals surface area contributed by atoms with Crippen LogP contribution in [0.1, 0.15) is 5.56 Å². The minimum atomic E-state index is 1.22. The molecule has 0 N–H and O–H groups in total. The molecule has 0 bridgehead atoms. The van der Waals surface area contributed by atoms with Gasteiger partial charge >= 0.3 is 0 Å². The Morgan fingerprint density at radius 3 is 2.29 bits per heavy atom. The van der Waals surface area contributed by atoms with E-state index in [4.69, 9.17) is 0 Å². The van der Waals surface area contributed by atoms with Gasteiger partial charge < -0.3 is 4.57 Å². The zero-order valence-corrected chi connectivity index (χ0v) is 13.8. The summed E-state index contributed by atoms with van der Waals surface area (Å²) in [6, 6.07) is 23.9. The highest BCUT2D eigenvalue weighted by Crippen LogP contribution is 2.34. The van der Waals surface area contributed by atoms with Gasteiger partial charge in [0.1, 0.15) is 0 Å². The number of hydrogen-bond donors (Lipinski definition) is 0. The van der Waals surface area contributed by atoms with Crippen molar-refractivity contribution >= 4 is 44.4 Å². The van der Waals surface area contributed by atoms with Crippen molar-refractivity contribution in [1.82, 2.24) is 4.57 Å². The summed E-state index contributed by atoms with van der Waals surface area (Å²) in [6.07, 6.45) is 0. The Kier molecular flexibility index (Phi) is 3.00. The van der Waals surface area contributed by atoms with Crippen LogP contribution in [0.2, 0.25) is 0 Å². The first kappa shape index (κ1) is 12.9. The molecule has 0 amide bonds. The maximum absolute atomic E-state index is 2.43. The van der Waals surface area contributed by atoms with Gasteiger partial charge in [-0.15, -0.1) is 0 Å². The Bertz CT molecular complexity index is 949. The summed E-state index contributed by atoms with van der Waals surface area (Å²) in [5.41, 5.74) is 5.06. The Hall–Kier alpha value is -1.81. The second-order valence-electron chi connectivity index (χ2n) is 5.32. The van der Waals surface area contributed by atoms with Crippen LogP contribution in [-0.4, -0.2) is 4.57 Å². The van der Waals surface area contributed by atoms with E-state index < -0.39 is 0 Å². The molecule has 0 unspecified atom stereocenters. The van der Waals surface area contributed by atoms with Crippen LogP contribution >= 0.6 is 22.6 Å². The van der Waals surface area contributed by atoms with E-state index in [1.807, 2.05) is 0 Å². The predicted molar refractivity (Wildman–Crippen MR) is 98.2 cm³/mol. The summed E-state index contributed by atoms with van der Waals surface area (Å²) >= 11 is 2.43. The minimum Gasteiger partial charge on any atom is -0.308 e. The molecule has 1 heterocycles. The number of hydrogen-bond acceptors (Lipinski definition) is 0. The average molecular weight is 383 g/mol. The van der Waals surface area contributed by atoms with E-state index in [0.717, 1.165) is 0 Å². The Balaban J connectivity index is 2.21. The molecule has 0 spiro atoms. The Morgan fingerprint density at radius 2 is 1.48 bits per heavy atom. The normalized spacial score (nSPS) is 11.3. The summed E-state index contributed by atoms with van der Waals surface area (Å²) in [4.78, 5) is 0. The number of fused-ring (bicyclic) bond motifs is 3. The van der Waals surface area contributed by atoms with Gasteiger partial charge in [0.25, 0.3) is 0 Å². The lowest BCUT2D eigenvalue weighted by Crippen LogP contribution is -1.95. The standard InChI is InChI=1S/C19H14IN/c1-13-9-11-14(12-10-13)21-18-8-3-2-5-15(18)16-6-4-7-17(20)19(16)21/h2-12H,1H3. The highest BCUT2D eigenvalue weighted by atomic mass is 127. The molecule has 0 aliphatic rings. The van der Waals surface area contributed by atoms with E-state index in [-0.39, 0.29) is 0 Å². The van der Waals surface area contributed by atoms with Gasteiger partial charge in [0, 0.05) is 20.0 Å². The van der Waals surface area contributed by atoms with E-state index in [0.29, 0.717) is 0 Å². The fraction of sp³-hybridized carbons (Fsp3) is 0.0526. The lowest BCUT2D eigenvalue weighted by molar-refractivity contribution is 1.17. The number of halogens is 1. The first-order chi connectivity index (χ1) is 10.3. The van der Waals surface area contributed by atoms with Crippen LogP contribution in [0.25, 0.3) is 27.5 Å². The highest BCUT2D eigenvalue weighted by molar-refractivity contribution is 14.1. The molecule has 0 aliphatic heterocycles. The molecular formula is C19H14IN. The van der Waals surface area contributed by atoms with Crippen LogP contribution in [0.3, 0.4) is 0 Å². The number of aryl methyl sites for hydroxylation is 1. The maximum Gasteiger partial charge on any atom is 0.0674 e. The van der Waals surface area contributed by atoms with Crippen molar-refractivity contribution < 1.29 is 0 Å². The van der Waals surface area contributed by atoms with Gasteiger partial charge in [-0.2, -0.15) is 0 Å². The quantitative estimate of drug-likeness (QED) is 0.372. The monoisotopic (exact) mass is 383 g/mol. The highest BCUT2D eigenvalue weighted by Gasteiger charge is 2.13. The molecule has 2 heteroatoms. The zero-order valence-electron chi connectivity index (χ0n) is 11.7. The van der Waals surface area contributed by atoms with E-state index >= 15 is 0 Å². The van der Waals surface area contributed by atoms with Crippen molar-refractivity contribution in [2.24, 2.45) is 0 Å². The molecule has 0 aliphatic carbocycles. The largest absolute Gasteiger partial charge is 0.308 e. The van der Waals surface area contributed by atoms with Crippen molar-refractivity contribution in [3.05, 3.63) is 75.9 Å². The summed E-state index contributed by atoms with van der Waals surface area (Å²) in [7, 11) is 0. The van der Waals surface area contributed by atoms with Gasteiger partial charge in [-0.3, -0.25) is 0 Å². The molecule has 1 aromatic heterocycles. The van der Waals surface area contributed by atoms with E-state index in [2.05, 4.69) is 101 Å². The molecule has 0 fully saturated rings. The third-order valence-corrected chi connectivity index (χ3v) is 4.81. The van der Waals surface area contributed by atoms with Crippen molar-refractivity contribution in [3.8, 4) is 5.69 Å². The molecule has 4 aromatic rings. The predicted octanol–water partition coefficient (Wildman–Crippen LogP) is 5.70. The summed E-state index contributed by atoms with van der Waals surface area (Å²) in [5, 5.41) is 2.63. The second kappa shape index (κ2) is 4.88. The van der Waals surface area contributed by atoms with Crippen LogP contribution in [0.15, 0.2) is 66.7 Å². The molecule has 0 saturated carbocycles. The maximum atomic E-state index is 2.43. The van der Waals surface area contributed by atoms with Gasteiger partial charge in [-0.1, -0.05) is 48.0 Å². The number of para-hydroxylation sites is 2. The summed E-state index contributed by atoms with van der Waals surface area (Å²) in [5.74, 6) is 0. The van der Waals surface area contributed by atoms with Gasteiger partial charge in [0.15, 0.2) is 0 Å². The van der Waals surface area contributed by atoms with Gasteiger partial charge in [0.05, 0.1) is 11.0 Å². The molecule has 102 valence electrons. The van der Waals surface area contributed by atoms with Gasteiger partial charge in [0.2, 0.25) is 0 Å². The number of aromatic nitrogens is 1. The molecule has 0 saturated heterocycles. The summed E-state index contributed by atoms with van der Waals surface area (Å²) in [6.45, 7) is 2.12. The fourth-order valence-electron chi connectivity index (χ4n) is 2.94. The van der Waals surface area contributed by atoms with Crippen LogP contribution in [0, 0.1) is 10.5 Å². The topological polar surface area (TPSA) is 4.93 Å². The van der Waals surface area contributed by atoms with Crippen molar-refractivity contribution in [2.45, 2.75) is 6.92 Å². The third kappa shape index (κ3) is 1.97. The smallest absolute Gasteiger partial charge is 0.0674 e. The van der Waals surface area contributed by atoms with Crippen LogP contribution in [0.5, 0.6) is 0 Å². The number of nitrogens with zero attached hydrogens (tertiary/aromatic N) is 1. The molecule has 4 rings (SSSR count). The van der Waals surface area contributed by atoms with Crippen LogP contribution < -0.4 is 0 Å². The lowest BCUT2D eigenvalue weighted by atomic mass is 10.2. The van der Waals surface area contributed by atoms with Crippen LogP contribution in [0.4, 0.5) is 0 Å². The molecule has 1 nitrogen and oxygen atoms in total. The molecule has 0 radical (unpaired) electrons. The van der Waals surface area contributed by atoms with E-state index in [1.54, 1.807) is 0 Å². The Morgan fingerprint density at radius 1 is 0.762 bits per heavy atom. The number of benzene rings is 3. The van der Waals surface area contributed by atoms with Crippen LogP contribution in [-0.2, 0) is 0 Å². The first-order valence-corrected chi connectivity index (χ1v) is 8.08. The summed E-state index contributed by atoms with van der Waals surface area (Å²) < 4.78 is 3.65. The Labute approximate surface area is 137 Å². The van der Waals surface area contributed by atoms with Gasteiger partial charge in [-0.25, -0.2) is 0 Å². The first-order valence-electron chi connectivity index (χ1n) is 7.00. The second-order valence-corrected chi connectivity index (χ2v) is 6.49. The van der Waals surface area contributed by atoms with Crippen molar-refractivity contribution in [1.29, 1.82) is 0 Å². The third-order valence-electron chi connectivity index (χ3n) is 3.94. The van der Waals surface area contributed by atoms with Gasteiger partial charge in [-0.05, 0) is 53.8 Å². The van der Waals surface area contributed by atoms with E-state index in [9.17, 15) is 0 Å².